The molecule has 0 bridgehead atoms. The van der Waals surface area contributed by atoms with Gasteiger partial charge in [0.15, 0.2) is 0 Å². The lowest BCUT2D eigenvalue weighted by molar-refractivity contribution is -0.132. The second-order valence-electron chi connectivity index (χ2n) is 3.47. The summed E-state index contributed by atoms with van der Waals surface area (Å²) < 4.78 is 0. The van der Waals surface area contributed by atoms with E-state index in [1.807, 2.05) is 0 Å². The molecule has 0 unspecified atom stereocenters. The number of aliphatic hydroxyl groups excluding tert-OH is 1. The molecule has 0 aliphatic heterocycles. The number of hydrogen-bond donors (Lipinski definition) is 2. The number of hydrogen-bond acceptors (Lipinski definition) is 2. The van der Waals surface area contributed by atoms with E-state index in [4.69, 9.17) is 10.2 Å². The molecule has 0 aliphatic carbocycles. The minimum atomic E-state index is -0.828. The van der Waals surface area contributed by atoms with Gasteiger partial charge < -0.3 is 10.2 Å². The summed E-state index contributed by atoms with van der Waals surface area (Å²) in [7, 11) is 0. The number of carbonyl (C=O) groups is 1. The summed E-state index contributed by atoms with van der Waals surface area (Å²) in [5.74, 6) is -0.828. The third kappa shape index (κ3) is 7.80. The predicted molar refractivity (Wildman–Crippen MR) is 56.2 cm³/mol. The van der Waals surface area contributed by atoms with Crippen molar-refractivity contribution in [1.29, 1.82) is 0 Å². The second kappa shape index (κ2) is 8.75. The first-order valence-corrected chi connectivity index (χ1v) is 5.19. The summed E-state index contributed by atoms with van der Waals surface area (Å²) in [6.45, 7) is 1.89. The Labute approximate surface area is 85.4 Å². The molecule has 82 valence electrons. The van der Waals surface area contributed by atoms with E-state index in [2.05, 4.69) is 0 Å². The summed E-state index contributed by atoms with van der Waals surface area (Å²) in [6, 6.07) is 0. The molecular weight excluding hydrogens is 180 g/mol. The van der Waals surface area contributed by atoms with E-state index in [-0.39, 0.29) is 6.61 Å². The van der Waals surface area contributed by atoms with Gasteiger partial charge >= 0.3 is 5.97 Å². The number of carboxylic acid groups (broad SMARTS) is 1. The highest BCUT2D eigenvalue weighted by atomic mass is 16.4. The summed E-state index contributed by atoms with van der Waals surface area (Å²) in [4.78, 5) is 10.4. The van der Waals surface area contributed by atoms with Gasteiger partial charge in [0.1, 0.15) is 0 Å². The zero-order valence-corrected chi connectivity index (χ0v) is 8.83. The average molecular weight is 200 g/mol. The van der Waals surface area contributed by atoms with E-state index in [1.165, 1.54) is 0 Å². The maximum atomic E-state index is 10.4. The van der Waals surface area contributed by atoms with Crippen LogP contribution in [0.4, 0.5) is 0 Å². The summed E-state index contributed by atoms with van der Waals surface area (Å²) >= 11 is 0. The molecule has 0 aromatic rings. The van der Waals surface area contributed by atoms with E-state index in [0.717, 1.165) is 38.5 Å². The first-order chi connectivity index (χ1) is 6.68. The zero-order valence-electron chi connectivity index (χ0n) is 8.83. The van der Waals surface area contributed by atoms with Crippen molar-refractivity contribution in [3.8, 4) is 0 Å². The normalized spacial score (nSPS) is 11.7. The topological polar surface area (TPSA) is 57.5 Å². The molecule has 14 heavy (non-hydrogen) atoms. The molecule has 3 nitrogen and oxygen atoms in total. The molecule has 0 atom stereocenters. The Morgan fingerprint density at radius 1 is 1.14 bits per heavy atom. The maximum absolute atomic E-state index is 10.4. The van der Waals surface area contributed by atoms with Crippen LogP contribution < -0.4 is 0 Å². The van der Waals surface area contributed by atoms with Crippen molar-refractivity contribution in [2.75, 3.05) is 6.61 Å². The Balaban J connectivity index is 3.29. The van der Waals surface area contributed by atoms with Crippen LogP contribution in [-0.4, -0.2) is 22.8 Å². The Kier molecular flexibility index (Phi) is 8.24. The highest BCUT2D eigenvalue weighted by molar-refractivity contribution is 5.85. The molecule has 3 heteroatoms. The van der Waals surface area contributed by atoms with Gasteiger partial charge in [0.2, 0.25) is 0 Å². The number of aliphatic carboxylic acids is 1. The SMILES string of the molecule is C/C(=C\CCCCCCCO)C(=O)O. The fourth-order valence-electron chi connectivity index (χ4n) is 1.19. The lowest BCUT2D eigenvalue weighted by Gasteiger charge is -1.98. The summed E-state index contributed by atoms with van der Waals surface area (Å²) in [6.07, 6.45) is 7.84. The monoisotopic (exact) mass is 200 g/mol. The molecule has 0 aromatic carbocycles. The van der Waals surface area contributed by atoms with Crippen LogP contribution in [0.3, 0.4) is 0 Å². The van der Waals surface area contributed by atoms with Crippen LogP contribution >= 0.6 is 0 Å². The van der Waals surface area contributed by atoms with Gasteiger partial charge in [-0.25, -0.2) is 4.79 Å². The maximum Gasteiger partial charge on any atom is 0.330 e. The van der Waals surface area contributed by atoms with Crippen molar-refractivity contribution in [3.63, 3.8) is 0 Å². The molecule has 0 saturated carbocycles. The molecule has 2 N–H and O–H groups in total. The minimum Gasteiger partial charge on any atom is -0.478 e. The van der Waals surface area contributed by atoms with E-state index in [9.17, 15) is 4.79 Å². The molecule has 0 amide bonds. The number of rotatable bonds is 8. The second-order valence-corrected chi connectivity index (χ2v) is 3.47. The van der Waals surface area contributed by atoms with Gasteiger partial charge in [0, 0.05) is 12.2 Å². The van der Waals surface area contributed by atoms with Crippen molar-refractivity contribution < 1.29 is 15.0 Å². The molecular formula is C11H20O3. The lowest BCUT2D eigenvalue weighted by Crippen LogP contribution is -1.95. The molecule has 0 rings (SSSR count). The van der Waals surface area contributed by atoms with Crippen molar-refractivity contribution >= 4 is 5.97 Å². The third-order valence-electron chi connectivity index (χ3n) is 2.15. The van der Waals surface area contributed by atoms with Crippen LogP contribution in [0, 0.1) is 0 Å². The van der Waals surface area contributed by atoms with Crippen LogP contribution in [0.1, 0.15) is 45.4 Å². The number of allylic oxidation sites excluding steroid dienone is 1. The number of aliphatic hydroxyl groups is 1. The van der Waals surface area contributed by atoms with Crippen LogP contribution in [0.5, 0.6) is 0 Å². The molecule has 0 radical (unpaired) electrons. The first kappa shape index (κ1) is 13.2. The summed E-state index contributed by atoms with van der Waals surface area (Å²) in [5, 5.41) is 17.1. The Hall–Kier alpha value is -0.830. The van der Waals surface area contributed by atoms with Crippen molar-refractivity contribution in [3.05, 3.63) is 11.6 Å². The molecule has 0 fully saturated rings. The van der Waals surface area contributed by atoms with E-state index in [0.29, 0.717) is 5.57 Å². The third-order valence-corrected chi connectivity index (χ3v) is 2.15. The van der Waals surface area contributed by atoms with Gasteiger partial charge in [-0.3, -0.25) is 0 Å². The van der Waals surface area contributed by atoms with Crippen molar-refractivity contribution in [2.45, 2.75) is 45.4 Å². The molecule has 0 saturated heterocycles. The fourth-order valence-corrected chi connectivity index (χ4v) is 1.19. The van der Waals surface area contributed by atoms with Gasteiger partial charge in [0.25, 0.3) is 0 Å². The Bertz CT molecular complexity index is 185. The molecule has 0 heterocycles. The van der Waals surface area contributed by atoms with E-state index >= 15 is 0 Å². The zero-order chi connectivity index (χ0) is 10.8. The number of unbranched alkanes of at least 4 members (excludes halogenated alkanes) is 5. The van der Waals surface area contributed by atoms with Gasteiger partial charge in [-0.15, -0.1) is 0 Å². The molecule has 0 spiro atoms. The van der Waals surface area contributed by atoms with Crippen molar-refractivity contribution in [2.24, 2.45) is 0 Å². The van der Waals surface area contributed by atoms with Gasteiger partial charge in [-0.05, 0) is 26.2 Å². The smallest absolute Gasteiger partial charge is 0.330 e. The van der Waals surface area contributed by atoms with Crippen LogP contribution in [0.2, 0.25) is 0 Å². The fraction of sp³-hybridized carbons (Fsp3) is 0.727. The Morgan fingerprint density at radius 2 is 1.71 bits per heavy atom. The molecule has 0 aromatic heterocycles. The largest absolute Gasteiger partial charge is 0.478 e. The standard InChI is InChI=1S/C11H20O3/c1-10(11(13)14)8-6-4-2-3-5-7-9-12/h8,12H,2-7,9H2,1H3,(H,13,14)/b10-8+. The van der Waals surface area contributed by atoms with Crippen molar-refractivity contribution in [1.82, 2.24) is 0 Å². The highest BCUT2D eigenvalue weighted by Gasteiger charge is 1.97. The van der Waals surface area contributed by atoms with E-state index in [1.54, 1.807) is 13.0 Å². The average Bonchev–Trinajstić information content (AvgIpc) is 2.16. The van der Waals surface area contributed by atoms with Gasteiger partial charge in [-0.2, -0.15) is 0 Å². The highest BCUT2D eigenvalue weighted by Crippen LogP contribution is 2.07. The van der Waals surface area contributed by atoms with Crippen LogP contribution in [-0.2, 0) is 4.79 Å². The minimum absolute atomic E-state index is 0.276. The van der Waals surface area contributed by atoms with Crippen LogP contribution in [0.25, 0.3) is 0 Å². The van der Waals surface area contributed by atoms with Gasteiger partial charge in [-0.1, -0.05) is 25.3 Å². The van der Waals surface area contributed by atoms with Gasteiger partial charge in [0.05, 0.1) is 0 Å². The summed E-state index contributed by atoms with van der Waals surface area (Å²) in [5.41, 5.74) is 0.431. The quantitative estimate of drug-likeness (QED) is 0.467. The lowest BCUT2D eigenvalue weighted by atomic mass is 10.1. The Morgan fingerprint density at radius 3 is 2.29 bits per heavy atom. The number of carboxylic acids is 1. The molecule has 0 aliphatic rings. The van der Waals surface area contributed by atoms with E-state index < -0.39 is 5.97 Å². The predicted octanol–water partition coefficient (Wildman–Crippen LogP) is 2.35. The first-order valence-electron chi connectivity index (χ1n) is 5.19. The van der Waals surface area contributed by atoms with Crippen LogP contribution in [0.15, 0.2) is 11.6 Å².